The van der Waals surface area contributed by atoms with E-state index in [4.69, 9.17) is 0 Å². The van der Waals surface area contributed by atoms with Crippen molar-refractivity contribution in [3.05, 3.63) is 49.0 Å². The van der Waals surface area contributed by atoms with Gasteiger partial charge in [0.25, 0.3) is 0 Å². The summed E-state index contributed by atoms with van der Waals surface area (Å²) in [5, 5.41) is 0. The average Bonchev–Trinajstić information content (AvgIpc) is 2.29. The molecule has 1 aromatic carbocycles. The number of hydrogen-bond donors (Lipinski definition) is 0. The average molecular weight is 213 g/mol. The Labute approximate surface area is 97.3 Å². The van der Waals surface area contributed by atoms with Gasteiger partial charge in [-0.3, -0.25) is 4.99 Å². The number of nitrogens with zero attached hydrogens (tertiary/aromatic N) is 2. The molecule has 2 nitrogen and oxygen atoms in total. The Bertz CT molecular complexity index is 407. The van der Waals surface area contributed by atoms with Gasteiger partial charge in [0.2, 0.25) is 0 Å². The zero-order valence-electron chi connectivity index (χ0n) is 9.85. The SMILES string of the molecule is [CH2]C(C)(C)c1ccc(N2C=CC=NC2)cc1. The highest BCUT2D eigenvalue weighted by Crippen LogP contribution is 2.24. The van der Waals surface area contributed by atoms with Crippen molar-refractivity contribution in [1.29, 1.82) is 0 Å². The maximum absolute atomic E-state index is 4.21. The van der Waals surface area contributed by atoms with E-state index in [0.29, 0.717) is 6.67 Å². The van der Waals surface area contributed by atoms with E-state index in [1.165, 1.54) is 11.3 Å². The first-order chi connectivity index (χ1) is 7.57. The number of rotatable bonds is 2. The molecule has 0 spiro atoms. The molecule has 0 saturated heterocycles. The molecule has 0 amide bonds. The van der Waals surface area contributed by atoms with E-state index in [0.717, 1.165) is 0 Å². The fourth-order valence-corrected chi connectivity index (χ4v) is 1.66. The monoisotopic (exact) mass is 213 g/mol. The summed E-state index contributed by atoms with van der Waals surface area (Å²) >= 11 is 0. The van der Waals surface area contributed by atoms with Crippen LogP contribution < -0.4 is 4.90 Å². The lowest BCUT2D eigenvalue weighted by molar-refractivity contribution is 0.665. The summed E-state index contributed by atoms with van der Waals surface area (Å²) in [6, 6.07) is 8.50. The summed E-state index contributed by atoms with van der Waals surface area (Å²) < 4.78 is 0. The molecule has 0 unspecified atom stereocenters. The van der Waals surface area contributed by atoms with Crippen molar-refractivity contribution in [2.75, 3.05) is 11.6 Å². The molecule has 0 aliphatic carbocycles. The van der Waals surface area contributed by atoms with Crippen LogP contribution in [-0.2, 0) is 5.41 Å². The van der Waals surface area contributed by atoms with Crippen molar-refractivity contribution in [1.82, 2.24) is 0 Å². The van der Waals surface area contributed by atoms with Crippen molar-refractivity contribution < 1.29 is 0 Å². The minimum Gasteiger partial charge on any atom is -0.328 e. The van der Waals surface area contributed by atoms with Crippen molar-refractivity contribution >= 4 is 11.9 Å². The Kier molecular flexibility index (Phi) is 2.82. The molecule has 2 heteroatoms. The van der Waals surface area contributed by atoms with Gasteiger partial charge in [-0.1, -0.05) is 26.0 Å². The number of hydrogen-bond acceptors (Lipinski definition) is 2. The van der Waals surface area contributed by atoms with Crippen molar-refractivity contribution in [3.8, 4) is 0 Å². The van der Waals surface area contributed by atoms with Crippen LogP contribution in [0, 0.1) is 6.92 Å². The smallest absolute Gasteiger partial charge is 0.114 e. The Hall–Kier alpha value is -1.57. The fourth-order valence-electron chi connectivity index (χ4n) is 1.66. The lowest BCUT2D eigenvalue weighted by atomic mass is 9.87. The molecule has 16 heavy (non-hydrogen) atoms. The number of allylic oxidation sites excluding steroid dienone is 1. The molecule has 1 radical (unpaired) electrons. The van der Waals surface area contributed by atoms with Gasteiger partial charge < -0.3 is 4.90 Å². The minimum atomic E-state index is -0.0333. The summed E-state index contributed by atoms with van der Waals surface area (Å²) in [5.41, 5.74) is 2.39. The second-order valence-corrected chi connectivity index (χ2v) is 4.72. The van der Waals surface area contributed by atoms with Crippen LogP contribution in [0.2, 0.25) is 0 Å². The van der Waals surface area contributed by atoms with Gasteiger partial charge in [-0.05, 0) is 36.1 Å². The standard InChI is InChI=1S/C14H17N2/c1-14(2,3)12-5-7-13(8-6-12)16-10-4-9-15-11-16/h4-10H,1,11H2,2-3H3. The third kappa shape index (κ3) is 2.32. The molecule has 2 rings (SSSR count). The summed E-state index contributed by atoms with van der Waals surface area (Å²) in [7, 11) is 0. The van der Waals surface area contributed by atoms with E-state index in [1.807, 2.05) is 18.5 Å². The van der Waals surface area contributed by atoms with E-state index in [-0.39, 0.29) is 5.41 Å². The molecule has 1 heterocycles. The van der Waals surface area contributed by atoms with Crippen LogP contribution in [-0.4, -0.2) is 12.9 Å². The van der Waals surface area contributed by atoms with E-state index < -0.39 is 0 Å². The maximum Gasteiger partial charge on any atom is 0.114 e. The largest absolute Gasteiger partial charge is 0.328 e. The molecule has 0 saturated carbocycles. The second-order valence-electron chi connectivity index (χ2n) is 4.72. The zero-order chi connectivity index (χ0) is 11.6. The van der Waals surface area contributed by atoms with E-state index >= 15 is 0 Å². The van der Waals surface area contributed by atoms with Gasteiger partial charge in [-0.2, -0.15) is 0 Å². The van der Waals surface area contributed by atoms with Crippen LogP contribution >= 0.6 is 0 Å². The highest BCUT2D eigenvalue weighted by molar-refractivity contribution is 5.74. The fraction of sp³-hybridized carbons (Fsp3) is 0.286. The van der Waals surface area contributed by atoms with Crippen LogP contribution in [0.3, 0.4) is 0 Å². The quantitative estimate of drug-likeness (QED) is 0.736. The second kappa shape index (κ2) is 4.12. The lowest BCUT2D eigenvalue weighted by Crippen LogP contribution is -2.18. The summed E-state index contributed by atoms with van der Waals surface area (Å²) in [4.78, 5) is 6.32. The molecule has 0 N–H and O–H groups in total. The Morgan fingerprint density at radius 2 is 1.94 bits per heavy atom. The predicted octanol–water partition coefficient (Wildman–Crippen LogP) is 3.16. The number of anilines is 1. The van der Waals surface area contributed by atoms with Gasteiger partial charge in [0, 0.05) is 18.1 Å². The first-order valence-corrected chi connectivity index (χ1v) is 5.46. The third-order valence-corrected chi connectivity index (χ3v) is 2.67. The normalized spacial score (nSPS) is 15.6. The van der Waals surface area contributed by atoms with Crippen LogP contribution in [0.15, 0.2) is 41.5 Å². The minimum absolute atomic E-state index is 0.0333. The third-order valence-electron chi connectivity index (χ3n) is 2.67. The Morgan fingerprint density at radius 3 is 2.44 bits per heavy atom. The first-order valence-electron chi connectivity index (χ1n) is 5.46. The van der Waals surface area contributed by atoms with Gasteiger partial charge in [-0.15, -0.1) is 0 Å². The van der Waals surface area contributed by atoms with E-state index in [9.17, 15) is 0 Å². The summed E-state index contributed by atoms with van der Waals surface area (Å²) in [5.74, 6) is 0. The van der Waals surface area contributed by atoms with Crippen LogP contribution in [0.4, 0.5) is 5.69 Å². The molecule has 83 valence electrons. The predicted molar refractivity (Wildman–Crippen MR) is 69.8 cm³/mol. The van der Waals surface area contributed by atoms with Crippen molar-refractivity contribution in [3.63, 3.8) is 0 Å². The Balaban J connectivity index is 2.19. The van der Waals surface area contributed by atoms with Gasteiger partial charge in [0.15, 0.2) is 0 Å². The van der Waals surface area contributed by atoms with E-state index in [2.05, 4.69) is 54.9 Å². The van der Waals surface area contributed by atoms with Crippen LogP contribution in [0.5, 0.6) is 0 Å². The molecular formula is C14H17N2. The molecule has 1 aromatic rings. The zero-order valence-corrected chi connectivity index (χ0v) is 9.85. The summed E-state index contributed by atoms with van der Waals surface area (Å²) in [6.07, 6.45) is 5.81. The Morgan fingerprint density at radius 1 is 1.25 bits per heavy atom. The molecular weight excluding hydrogens is 196 g/mol. The molecule has 0 bridgehead atoms. The molecule has 0 fully saturated rings. The van der Waals surface area contributed by atoms with Gasteiger partial charge in [-0.25, -0.2) is 0 Å². The number of aliphatic imine (C=N–C) groups is 1. The topological polar surface area (TPSA) is 15.6 Å². The lowest BCUT2D eigenvalue weighted by Gasteiger charge is -2.23. The molecule has 0 aromatic heterocycles. The van der Waals surface area contributed by atoms with Gasteiger partial charge >= 0.3 is 0 Å². The summed E-state index contributed by atoms with van der Waals surface area (Å²) in [6.45, 7) is 9.07. The maximum atomic E-state index is 4.21. The molecule has 1 aliphatic rings. The van der Waals surface area contributed by atoms with Gasteiger partial charge in [0.05, 0.1) is 0 Å². The first kappa shape index (κ1) is 10.9. The van der Waals surface area contributed by atoms with E-state index in [1.54, 1.807) is 0 Å². The van der Waals surface area contributed by atoms with Crippen LogP contribution in [0.25, 0.3) is 0 Å². The molecule has 1 aliphatic heterocycles. The number of benzene rings is 1. The van der Waals surface area contributed by atoms with Gasteiger partial charge in [0.1, 0.15) is 6.67 Å². The van der Waals surface area contributed by atoms with Crippen molar-refractivity contribution in [2.24, 2.45) is 4.99 Å². The van der Waals surface area contributed by atoms with Crippen LogP contribution in [0.1, 0.15) is 19.4 Å². The highest BCUT2D eigenvalue weighted by atomic mass is 15.2. The van der Waals surface area contributed by atoms with Crippen molar-refractivity contribution in [2.45, 2.75) is 19.3 Å². The molecule has 0 atom stereocenters. The highest BCUT2D eigenvalue weighted by Gasteiger charge is 2.13.